The SMILES string of the molecule is O=C(C1CCCCN1S(=O)(=O)c1ccccc1)N1CCCc2ccccc21. The van der Waals surface area contributed by atoms with Gasteiger partial charge >= 0.3 is 0 Å². The monoisotopic (exact) mass is 384 g/mol. The Balaban J connectivity index is 1.67. The van der Waals surface area contributed by atoms with Crippen LogP contribution in [0.3, 0.4) is 0 Å². The van der Waals surface area contributed by atoms with Crippen LogP contribution in [0.2, 0.25) is 0 Å². The van der Waals surface area contributed by atoms with Crippen molar-refractivity contribution >= 4 is 21.6 Å². The second-order valence-corrected chi connectivity index (χ2v) is 9.05. The zero-order chi connectivity index (χ0) is 18.9. The van der Waals surface area contributed by atoms with Crippen molar-refractivity contribution in [2.24, 2.45) is 0 Å². The summed E-state index contributed by atoms with van der Waals surface area (Å²) in [6, 6.07) is 15.7. The van der Waals surface area contributed by atoms with Crippen molar-refractivity contribution in [2.45, 2.75) is 43.0 Å². The number of rotatable bonds is 3. The minimum Gasteiger partial charge on any atom is -0.311 e. The molecule has 6 heteroatoms. The molecule has 1 atom stereocenters. The van der Waals surface area contributed by atoms with Gasteiger partial charge in [-0.1, -0.05) is 42.8 Å². The molecule has 142 valence electrons. The number of carbonyl (C=O) groups is 1. The number of benzene rings is 2. The number of sulfonamides is 1. The highest BCUT2D eigenvalue weighted by atomic mass is 32.2. The second kappa shape index (κ2) is 7.44. The van der Waals surface area contributed by atoms with E-state index in [1.165, 1.54) is 4.31 Å². The second-order valence-electron chi connectivity index (χ2n) is 7.16. The Morgan fingerprint density at radius 1 is 0.889 bits per heavy atom. The van der Waals surface area contributed by atoms with Crippen molar-refractivity contribution in [3.8, 4) is 0 Å². The number of hydrogen-bond acceptors (Lipinski definition) is 3. The molecule has 1 unspecified atom stereocenters. The zero-order valence-electron chi connectivity index (χ0n) is 15.3. The minimum absolute atomic E-state index is 0.0960. The molecule has 4 rings (SSSR count). The predicted octanol–water partition coefficient (Wildman–Crippen LogP) is 3.21. The maximum Gasteiger partial charge on any atom is 0.245 e. The summed E-state index contributed by atoms with van der Waals surface area (Å²) in [5.74, 6) is -0.0960. The van der Waals surface area contributed by atoms with Crippen molar-refractivity contribution < 1.29 is 13.2 Å². The van der Waals surface area contributed by atoms with Gasteiger partial charge < -0.3 is 4.90 Å². The number of fused-ring (bicyclic) bond motifs is 1. The van der Waals surface area contributed by atoms with E-state index in [0.29, 0.717) is 19.5 Å². The van der Waals surface area contributed by atoms with Crippen LogP contribution in [0.5, 0.6) is 0 Å². The number of para-hydroxylation sites is 1. The lowest BCUT2D eigenvalue weighted by atomic mass is 9.98. The molecule has 2 aliphatic rings. The van der Waals surface area contributed by atoms with E-state index >= 15 is 0 Å². The van der Waals surface area contributed by atoms with Gasteiger partial charge in [0.2, 0.25) is 15.9 Å². The van der Waals surface area contributed by atoms with E-state index in [2.05, 4.69) is 0 Å². The Hall–Kier alpha value is -2.18. The fourth-order valence-corrected chi connectivity index (χ4v) is 5.78. The number of carbonyl (C=O) groups excluding carboxylic acids is 1. The van der Waals surface area contributed by atoms with Crippen LogP contribution in [0, 0.1) is 0 Å². The maximum atomic E-state index is 13.4. The molecule has 2 heterocycles. The van der Waals surface area contributed by atoms with Gasteiger partial charge in [0.25, 0.3) is 0 Å². The van der Waals surface area contributed by atoms with Crippen molar-refractivity contribution in [3.05, 3.63) is 60.2 Å². The molecule has 0 saturated carbocycles. The number of nitrogens with zero attached hydrogens (tertiary/aromatic N) is 2. The van der Waals surface area contributed by atoms with Crippen LogP contribution in [-0.2, 0) is 21.2 Å². The fourth-order valence-electron chi connectivity index (χ4n) is 4.11. The Bertz CT molecular complexity index is 927. The lowest BCUT2D eigenvalue weighted by molar-refractivity contribution is -0.123. The maximum absolute atomic E-state index is 13.4. The summed E-state index contributed by atoms with van der Waals surface area (Å²) in [5.41, 5.74) is 2.08. The summed E-state index contributed by atoms with van der Waals surface area (Å²) < 4.78 is 27.8. The van der Waals surface area contributed by atoms with Crippen LogP contribution >= 0.6 is 0 Å². The number of anilines is 1. The zero-order valence-corrected chi connectivity index (χ0v) is 16.1. The first-order chi connectivity index (χ1) is 13.1. The average molecular weight is 385 g/mol. The van der Waals surface area contributed by atoms with Crippen molar-refractivity contribution in [1.29, 1.82) is 0 Å². The molecule has 0 aliphatic carbocycles. The Morgan fingerprint density at radius 2 is 1.63 bits per heavy atom. The third kappa shape index (κ3) is 3.39. The molecule has 5 nitrogen and oxygen atoms in total. The summed E-state index contributed by atoms with van der Waals surface area (Å²) >= 11 is 0. The average Bonchev–Trinajstić information content (AvgIpc) is 2.73. The minimum atomic E-state index is -3.69. The first-order valence-electron chi connectivity index (χ1n) is 9.55. The summed E-state index contributed by atoms with van der Waals surface area (Å²) in [7, 11) is -3.69. The van der Waals surface area contributed by atoms with Crippen LogP contribution in [0.1, 0.15) is 31.2 Å². The van der Waals surface area contributed by atoms with Crippen LogP contribution in [-0.4, -0.2) is 37.8 Å². The third-order valence-corrected chi connectivity index (χ3v) is 7.39. The highest BCUT2D eigenvalue weighted by Crippen LogP contribution is 2.31. The molecule has 0 bridgehead atoms. The van der Waals surface area contributed by atoms with Crippen LogP contribution in [0.15, 0.2) is 59.5 Å². The standard InChI is InChI=1S/C21H24N2O3S/c24-21(22-15-8-10-17-9-4-5-13-19(17)22)20-14-6-7-16-23(20)27(25,26)18-11-2-1-3-12-18/h1-5,9,11-13,20H,6-8,10,14-16H2. The molecule has 2 aliphatic heterocycles. The van der Waals surface area contributed by atoms with Crippen LogP contribution < -0.4 is 4.90 Å². The quantitative estimate of drug-likeness (QED) is 0.816. The predicted molar refractivity (Wildman–Crippen MR) is 105 cm³/mol. The van der Waals surface area contributed by atoms with Crippen LogP contribution in [0.4, 0.5) is 5.69 Å². The first kappa shape index (κ1) is 18.2. The largest absolute Gasteiger partial charge is 0.311 e. The molecule has 27 heavy (non-hydrogen) atoms. The number of piperidine rings is 1. The molecular weight excluding hydrogens is 360 g/mol. The third-order valence-electron chi connectivity index (χ3n) is 5.46. The highest BCUT2D eigenvalue weighted by molar-refractivity contribution is 7.89. The van der Waals surface area contributed by atoms with Gasteiger partial charge in [0.05, 0.1) is 4.90 Å². The van der Waals surface area contributed by atoms with Gasteiger partial charge in [-0.3, -0.25) is 4.79 Å². The van der Waals surface area contributed by atoms with Gasteiger partial charge in [-0.25, -0.2) is 8.42 Å². The number of hydrogen-bond donors (Lipinski definition) is 0. The molecule has 2 aromatic carbocycles. The van der Waals surface area contributed by atoms with E-state index in [-0.39, 0.29) is 10.8 Å². The summed E-state index contributed by atoms with van der Waals surface area (Å²) in [6.07, 6.45) is 4.08. The van der Waals surface area contributed by atoms with Crippen molar-refractivity contribution in [1.82, 2.24) is 4.31 Å². The van der Waals surface area contributed by atoms with Gasteiger partial charge in [0.1, 0.15) is 6.04 Å². The van der Waals surface area contributed by atoms with Gasteiger partial charge in [0, 0.05) is 18.8 Å². The van der Waals surface area contributed by atoms with Gasteiger partial charge in [-0.2, -0.15) is 4.31 Å². The number of aryl methyl sites for hydroxylation is 1. The van der Waals surface area contributed by atoms with Gasteiger partial charge in [-0.05, 0) is 49.4 Å². The van der Waals surface area contributed by atoms with Gasteiger partial charge in [0.15, 0.2) is 0 Å². The van der Waals surface area contributed by atoms with Gasteiger partial charge in [-0.15, -0.1) is 0 Å². The normalized spacial score (nSPS) is 20.9. The topological polar surface area (TPSA) is 57.7 Å². The Morgan fingerprint density at radius 3 is 2.44 bits per heavy atom. The lowest BCUT2D eigenvalue weighted by Crippen LogP contribution is -2.54. The van der Waals surface area contributed by atoms with Crippen molar-refractivity contribution in [3.63, 3.8) is 0 Å². The van der Waals surface area contributed by atoms with E-state index < -0.39 is 16.1 Å². The molecule has 1 fully saturated rings. The Kier molecular flexibility index (Phi) is 5.02. The van der Waals surface area contributed by atoms with E-state index in [1.807, 2.05) is 24.3 Å². The molecule has 1 amide bonds. The summed E-state index contributed by atoms with van der Waals surface area (Å²) in [4.78, 5) is 15.5. The van der Waals surface area contributed by atoms with E-state index in [1.54, 1.807) is 35.2 Å². The van der Waals surface area contributed by atoms with Crippen molar-refractivity contribution in [2.75, 3.05) is 18.0 Å². The summed E-state index contributed by atoms with van der Waals surface area (Å²) in [5, 5.41) is 0. The first-order valence-corrected chi connectivity index (χ1v) is 11.0. The molecule has 2 aromatic rings. The molecule has 0 N–H and O–H groups in total. The lowest BCUT2D eigenvalue weighted by Gasteiger charge is -2.38. The van der Waals surface area contributed by atoms with E-state index in [4.69, 9.17) is 0 Å². The molecule has 0 spiro atoms. The summed E-state index contributed by atoms with van der Waals surface area (Å²) in [6.45, 7) is 1.04. The van der Waals surface area contributed by atoms with Crippen LogP contribution in [0.25, 0.3) is 0 Å². The fraction of sp³-hybridized carbons (Fsp3) is 0.381. The molecule has 0 radical (unpaired) electrons. The Labute approximate surface area is 160 Å². The highest BCUT2D eigenvalue weighted by Gasteiger charge is 2.40. The molecule has 1 saturated heterocycles. The number of amides is 1. The molecular formula is C21H24N2O3S. The molecule has 0 aromatic heterocycles. The smallest absolute Gasteiger partial charge is 0.245 e. The van der Waals surface area contributed by atoms with E-state index in [9.17, 15) is 13.2 Å². The van der Waals surface area contributed by atoms with E-state index in [0.717, 1.165) is 36.9 Å².